The molecule has 0 spiro atoms. The lowest BCUT2D eigenvalue weighted by Gasteiger charge is -2.15. The molecule has 8 heteroatoms. The fourth-order valence-corrected chi connectivity index (χ4v) is 3.30. The average molecular weight is 328 g/mol. The van der Waals surface area contributed by atoms with Gasteiger partial charge in [0.25, 0.3) is 5.91 Å². The highest BCUT2D eigenvalue weighted by molar-refractivity contribution is 8.76. The predicted octanol–water partition coefficient (Wildman–Crippen LogP) is 0.825. The van der Waals surface area contributed by atoms with Crippen LogP contribution in [0.5, 0.6) is 0 Å². The molecule has 0 bridgehead atoms. The van der Waals surface area contributed by atoms with Gasteiger partial charge < -0.3 is 15.8 Å². The quantitative estimate of drug-likeness (QED) is 0.416. The SMILES string of the molecule is COC(=O)[C@@H](CSSCC(N)=O)NC(=O)c1ccccc1. The van der Waals surface area contributed by atoms with Gasteiger partial charge in [-0.1, -0.05) is 39.8 Å². The highest BCUT2D eigenvalue weighted by Gasteiger charge is 2.22. The summed E-state index contributed by atoms with van der Waals surface area (Å²) in [6.45, 7) is 0. The first-order valence-corrected chi connectivity index (χ1v) is 8.50. The number of carbonyl (C=O) groups is 3. The number of ether oxygens (including phenoxy) is 1. The molecular formula is C13H16N2O4S2. The van der Waals surface area contributed by atoms with Crippen molar-refractivity contribution in [2.24, 2.45) is 5.73 Å². The molecule has 114 valence electrons. The van der Waals surface area contributed by atoms with Gasteiger partial charge in [0.2, 0.25) is 5.91 Å². The van der Waals surface area contributed by atoms with E-state index in [4.69, 9.17) is 5.73 Å². The lowest BCUT2D eigenvalue weighted by Crippen LogP contribution is -2.43. The van der Waals surface area contributed by atoms with Crippen molar-refractivity contribution in [1.29, 1.82) is 0 Å². The Bertz CT molecular complexity index is 496. The lowest BCUT2D eigenvalue weighted by atomic mass is 10.2. The van der Waals surface area contributed by atoms with Gasteiger partial charge in [-0.2, -0.15) is 0 Å². The summed E-state index contributed by atoms with van der Waals surface area (Å²) in [5, 5.41) is 2.61. The van der Waals surface area contributed by atoms with Crippen molar-refractivity contribution in [2.75, 3.05) is 18.6 Å². The van der Waals surface area contributed by atoms with E-state index in [1.165, 1.54) is 28.7 Å². The van der Waals surface area contributed by atoms with Gasteiger partial charge in [-0.25, -0.2) is 4.79 Å². The van der Waals surface area contributed by atoms with Crippen molar-refractivity contribution in [3.05, 3.63) is 35.9 Å². The molecule has 0 fully saturated rings. The largest absolute Gasteiger partial charge is 0.467 e. The summed E-state index contributed by atoms with van der Waals surface area (Å²) in [5.74, 6) is -0.901. The Morgan fingerprint density at radius 3 is 2.48 bits per heavy atom. The molecule has 0 unspecified atom stereocenters. The monoisotopic (exact) mass is 328 g/mol. The van der Waals surface area contributed by atoms with Gasteiger partial charge in [0, 0.05) is 11.3 Å². The van der Waals surface area contributed by atoms with E-state index in [0.717, 1.165) is 0 Å². The second-order valence-corrected chi connectivity index (χ2v) is 6.44. The molecule has 21 heavy (non-hydrogen) atoms. The summed E-state index contributed by atoms with van der Waals surface area (Å²) in [6.07, 6.45) is 0. The average Bonchev–Trinajstić information content (AvgIpc) is 2.50. The van der Waals surface area contributed by atoms with E-state index in [1.807, 2.05) is 0 Å². The number of primary amides is 1. The highest BCUT2D eigenvalue weighted by Crippen LogP contribution is 2.21. The fourth-order valence-electron chi connectivity index (χ4n) is 1.36. The Morgan fingerprint density at radius 2 is 1.90 bits per heavy atom. The Labute approximate surface area is 130 Å². The van der Waals surface area contributed by atoms with Crippen LogP contribution in [0.15, 0.2) is 30.3 Å². The zero-order valence-corrected chi connectivity index (χ0v) is 13.0. The maximum atomic E-state index is 12.0. The van der Waals surface area contributed by atoms with Crippen molar-refractivity contribution >= 4 is 39.4 Å². The van der Waals surface area contributed by atoms with Gasteiger partial charge in [0.1, 0.15) is 6.04 Å². The molecule has 0 aromatic heterocycles. The Hall–Kier alpha value is -1.67. The van der Waals surface area contributed by atoms with Crippen molar-refractivity contribution in [1.82, 2.24) is 5.32 Å². The number of nitrogens with two attached hydrogens (primary N) is 1. The summed E-state index contributed by atoms with van der Waals surface area (Å²) in [6, 6.07) is 7.79. The van der Waals surface area contributed by atoms with Gasteiger partial charge in [0.05, 0.1) is 12.9 Å². The molecule has 0 radical (unpaired) electrons. The van der Waals surface area contributed by atoms with E-state index >= 15 is 0 Å². The maximum absolute atomic E-state index is 12.0. The maximum Gasteiger partial charge on any atom is 0.329 e. The van der Waals surface area contributed by atoms with Gasteiger partial charge in [-0.15, -0.1) is 0 Å². The van der Waals surface area contributed by atoms with Crippen LogP contribution >= 0.6 is 21.6 Å². The van der Waals surface area contributed by atoms with Crippen LogP contribution in [-0.4, -0.2) is 42.4 Å². The third kappa shape index (κ3) is 6.54. The van der Waals surface area contributed by atoms with E-state index in [0.29, 0.717) is 5.56 Å². The normalized spacial score (nSPS) is 11.5. The second-order valence-electron chi connectivity index (χ2n) is 3.93. The first-order chi connectivity index (χ1) is 10.0. The summed E-state index contributed by atoms with van der Waals surface area (Å²) in [4.78, 5) is 34.3. The Morgan fingerprint density at radius 1 is 1.24 bits per heavy atom. The lowest BCUT2D eigenvalue weighted by molar-refractivity contribution is -0.142. The molecular weight excluding hydrogens is 312 g/mol. The Balaban J connectivity index is 2.55. The molecule has 1 aromatic rings. The number of benzene rings is 1. The zero-order chi connectivity index (χ0) is 15.7. The number of esters is 1. The van der Waals surface area contributed by atoms with E-state index < -0.39 is 17.9 Å². The van der Waals surface area contributed by atoms with Crippen LogP contribution in [0.2, 0.25) is 0 Å². The highest BCUT2D eigenvalue weighted by atomic mass is 33.1. The number of carbonyl (C=O) groups excluding carboxylic acids is 3. The van der Waals surface area contributed by atoms with Crippen LogP contribution < -0.4 is 11.1 Å². The third-order valence-corrected chi connectivity index (χ3v) is 4.65. The third-order valence-electron chi connectivity index (χ3n) is 2.35. The number of rotatable bonds is 8. The van der Waals surface area contributed by atoms with Gasteiger partial charge in [-0.05, 0) is 12.1 Å². The molecule has 0 saturated heterocycles. The molecule has 0 saturated carbocycles. The molecule has 0 heterocycles. The summed E-state index contributed by atoms with van der Waals surface area (Å²) < 4.78 is 4.66. The molecule has 1 aromatic carbocycles. The van der Waals surface area contributed by atoms with Gasteiger partial charge in [0.15, 0.2) is 0 Å². The van der Waals surface area contributed by atoms with Gasteiger partial charge in [-0.3, -0.25) is 9.59 Å². The molecule has 2 amide bonds. The zero-order valence-electron chi connectivity index (χ0n) is 11.4. The first kappa shape index (κ1) is 17.4. The molecule has 0 aliphatic heterocycles. The van der Waals surface area contributed by atoms with Crippen LogP contribution in [0, 0.1) is 0 Å². The van der Waals surface area contributed by atoms with Crippen molar-refractivity contribution in [3.63, 3.8) is 0 Å². The van der Waals surface area contributed by atoms with E-state index in [9.17, 15) is 14.4 Å². The van der Waals surface area contributed by atoms with Crippen LogP contribution in [0.1, 0.15) is 10.4 Å². The molecule has 3 N–H and O–H groups in total. The van der Waals surface area contributed by atoms with Crippen molar-refractivity contribution in [2.45, 2.75) is 6.04 Å². The topological polar surface area (TPSA) is 98.5 Å². The van der Waals surface area contributed by atoms with Gasteiger partial charge >= 0.3 is 5.97 Å². The first-order valence-electron chi connectivity index (χ1n) is 6.01. The standard InChI is InChI=1S/C13H16N2O4S2/c1-19-13(18)10(7-20-21-8-11(14)16)15-12(17)9-5-3-2-4-6-9/h2-6,10H,7-8H2,1H3,(H2,14,16)(H,15,17)/t10-/m1/s1. The molecule has 1 rings (SSSR count). The van der Waals surface area contributed by atoms with E-state index in [-0.39, 0.29) is 17.4 Å². The van der Waals surface area contributed by atoms with Crippen molar-refractivity contribution in [3.8, 4) is 0 Å². The smallest absolute Gasteiger partial charge is 0.329 e. The summed E-state index contributed by atoms with van der Waals surface area (Å²) >= 11 is 0. The minimum atomic E-state index is -0.784. The van der Waals surface area contributed by atoms with Crippen LogP contribution in [0.3, 0.4) is 0 Å². The van der Waals surface area contributed by atoms with Crippen molar-refractivity contribution < 1.29 is 19.1 Å². The fraction of sp³-hybridized carbons (Fsp3) is 0.308. The number of hydrogen-bond donors (Lipinski definition) is 2. The summed E-state index contributed by atoms with van der Waals surface area (Å²) in [5.41, 5.74) is 5.48. The number of hydrogen-bond acceptors (Lipinski definition) is 6. The Kier molecular flexibility index (Phi) is 7.70. The molecule has 1 atom stereocenters. The van der Waals surface area contributed by atoms with Crippen LogP contribution in [0.4, 0.5) is 0 Å². The van der Waals surface area contributed by atoms with E-state index in [1.54, 1.807) is 30.3 Å². The summed E-state index contributed by atoms with van der Waals surface area (Å²) in [7, 11) is 3.75. The minimum Gasteiger partial charge on any atom is -0.467 e. The number of nitrogens with one attached hydrogen (secondary N) is 1. The predicted molar refractivity (Wildman–Crippen MR) is 83.8 cm³/mol. The number of methoxy groups -OCH3 is 1. The second kappa shape index (κ2) is 9.30. The van der Waals surface area contributed by atoms with Crippen LogP contribution in [0.25, 0.3) is 0 Å². The molecule has 0 aliphatic carbocycles. The number of amides is 2. The minimum absolute atomic E-state index is 0.144. The van der Waals surface area contributed by atoms with Crippen LogP contribution in [-0.2, 0) is 14.3 Å². The molecule has 0 aliphatic rings. The molecule has 6 nitrogen and oxygen atoms in total. The van der Waals surface area contributed by atoms with E-state index in [2.05, 4.69) is 10.1 Å².